The molecule has 0 aliphatic carbocycles. The van der Waals surface area contributed by atoms with Gasteiger partial charge in [0.15, 0.2) is 0 Å². The van der Waals surface area contributed by atoms with Crippen molar-refractivity contribution in [1.29, 1.82) is 0 Å². The molecule has 31 heavy (non-hydrogen) atoms. The van der Waals surface area contributed by atoms with Gasteiger partial charge in [-0.2, -0.15) is 0 Å². The number of morpholine rings is 1. The number of urea groups is 1. The van der Waals surface area contributed by atoms with Gasteiger partial charge >= 0.3 is 6.03 Å². The lowest BCUT2D eigenvalue weighted by molar-refractivity contribution is -0.139. The molecule has 5 rings (SSSR count). The summed E-state index contributed by atoms with van der Waals surface area (Å²) < 4.78 is 5.57. The first-order chi connectivity index (χ1) is 15.0. The van der Waals surface area contributed by atoms with Crippen molar-refractivity contribution in [2.45, 2.75) is 24.5 Å². The Balaban J connectivity index is 1.18. The van der Waals surface area contributed by atoms with Crippen LogP contribution in [0.15, 0.2) is 42.5 Å². The van der Waals surface area contributed by atoms with Gasteiger partial charge in [-0.1, -0.05) is 53.5 Å². The van der Waals surface area contributed by atoms with Gasteiger partial charge in [-0.25, -0.2) is 4.79 Å². The predicted octanol–water partition coefficient (Wildman–Crippen LogP) is 3.77. The van der Waals surface area contributed by atoms with Gasteiger partial charge in [0.1, 0.15) is 6.61 Å². The molecule has 3 aliphatic rings. The number of benzene rings is 2. The number of halogens is 2. The first-order valence-corrected chi connectivity index (χ1v) is 11.2. The molecule has 2 atom stereocenters. The van der Waals surface area contributed by atoms with Gasteiger partial charge < -0.3 is 19.9 Å². The summed E-state index contributed by atoms with van der Waals surface area (Å²) >= 11 is 12.3. The quantitative estimate of drug-likeness (QED) is 0.743. The number of carbonyl (C=O) groups excluding carboxylic acids is 2. The Bertz CT molecular complexity index is 1010. The minimum atomic E-state index is -0.108. The number of hydrogen-bond acceptors (Lipinski definition) is 3. The minimum Gasteiger partial charge on any atom is -0.366 e. The Morgan fingerprint density at radius 2 is 1.81 bits per heavy atom. The van der Waals surface area contributed by atoms with E-state index in [4.69, 9.17) is 27.9 Å². The fourth-order valence-corrected chi connectivity index (χ4v) is 5.10. The molecule has 0 aromatic heterocycles. The largest absolute Gasteiger partial charge is 0.366 e. The Morgan fingerprint density at radius 3 is 2.55 bits per heavy atom. The number of rotatable bonds is 2. The lowest BCUT2D eigenvalue weighted by Gasteiger charge is -2.46. The second-order valence-electron chi connectivity index (χ2n) is 8.39. The molecule has 162 valence electrons. The van der Waals surface area contributed by atoms with Crippen molar-refractivity contribution >= 4 is 35.1 Å². The lowest BCUT2D eigenvalue weighted by Crippen LogP contribution is -2.63. The van der Waals surface area contributed by atoms with E-state index >= 15 is 0 Å². The van der Waals surface area contributed by atoms with Crippen LogP contribution in [0.5, 0.6) is 0 Å². The molecule has 0 bridgehead atoms. The van der Waals surface area contributed by atoms with Gasteiger partial charge in [0.05, 0.1) is 12.1 Å². The fourth-order valence-electron chi connectivity index (χ4n) is 4.58. The fraction of sp³-hybridized carbons (Fsp3) is 0.391. The number of carbonyl (C=O) groups is 2. The Morgan fingerprint density at radius 1 is 1.03 bits per heavy atom. The number of amides is 3. The maximum absolute atomic E-state index is 12.9. The van der Waals surface area contributed by atoms with Crippen LogP contribution < -0.4 is 5.32 Å². The van der Waals surface area contributed by atoms with Crippen molar-refractivity contribution < 1.29 is 14.3 Å². The average Bonchev–Trinajstić information content (AvgIpc) is 2.73. The van der Waals surface area contributed by atoms with Crippen molar-refractivity contribution in [2.75, 3.05) is 32.8 Å². The number of likely N-dealkylation sites (tertiary alicyclic amines) is 2. The predicted molar refractivity (Wildman–Crippen MR) is 119 cm³/mol. The molecule has 3 amide bonds. The van der Waals surface area contributed by atoms with Crippen LogP contribution in [0.2, 0.25) is 10.0 Å². The number of hydrogen-bond donors (Lipinski definition) is 1. The summed E-state index contributed by atoms with van der Waals surface area (Å²) in [5.41, 5.74) is 3.20. The molecule has 2 aromatic carbocycles. The molecular formula is C23H23Cl2N3O3. The molecule has 3 aliphatic heterocycles. The van der Waals surface area contributed by atoms with Crippen LogP contribution >= 0.6 is 23.2 Å². The summed E-state index contributed by atoms with van der Waals surface area (Å²) in [6.07, 6.45) is 0.765. The van der Waals surface area contributed by atoms with E-state index in [1.54, 1.807) is 6.07 Å². The first-order valence-electron chi connectivity index (χ1n) is 10.5. The molecular weight excluding hydrogens is 437 g/mol. The van der Waals surface area contributed by atoms with Gasteiger partial charge in [0.25, 0.3) is 0 Å². The maximum Gasteiger partial charge on any atom is 0.320 e. The highest BCUT2D eigenvalue weighted by Crippen LogP contribution is 2.33. The third-order valence-corrected chi connectivity index (χ3v) is 6.92. The Kier molecular flexibility index (Phi) is 5.54. The molecule has 3 fully saturated rings. The summed E-state index contributed by atoms with van der Waals surface area (Å²) in [5, 5.41) is 4.19. The third-order valence-electron chi connectivity index (χ3n) is 6.37. The van der Waals surface area contributed by atoms with E-state index in [9.17, 15) is 9.59 Å². The van der Waals surface area contributed by atoms with Gasteiger partial charge in [-0.15, -0.1) is 0 Å². The molecule has 2 aromatic rings. The number of nitrogens with one attached hydrogen (secondary N) is 1. The van der Waals surface area contributed by atoms with Gasteiger partial charge in [-0.3, -0.25) is 4.79 Å². The highest BCUT2D eigenvalue weighted by molar-refractivity contribution is 6.36. The zero-order valence-electron chi connectivity index (χ0n) is 16.9. The summed E-state index contributed by atoms with van der Waals surface area (Å²) in [4.78, 5) is 28.2. The van der Waals surface area contributed by atoms with Crippen LogP contribution in [0.4, 0.5) is 4.79 Å². The van der Waals surface area contributed by atoms with Crippen LogP contribution in [0.1, 0.15) is 17.9 Å². The summed E-state index contributed by atoms with van der Waals surface area (Å²) in [6, 6.07) is 13.8. The summed E-state index contributed by atoms with van der Waals surface area (Å²) in [7, 11) is 0. The molecule has 0 spiro atoms. The molecule has 0 unspecified atom stereocenters. The monoisotopic (exact) mass is 459 g/mol. The number of ether oxygens (including phenoxy) is 1. The van der Waals surface area contributed by atoms with Crippen LogP contribution in [-0.4, -0.2) is 66.7 Å². The van der Waals surface area contributed by atoms with Crippen molar-refractivity contribution in [2.24, 2.45) is 0 Å². The van der Waals surface area contributed by atoms with E-state index in [1.807, 2.05) is 21.9 Å². The SMILES string of the molecule is O=C1CO[C@H]2CCN(C(=O)N3CC(c4ccc(-c5ccc(Cl)cc5Cl)cc4)C3)C[C@H]2N1. The first kappa shape index (κ1) is 20.6. The zero-order chi connectivity index (χ0) is 21.5. The molecule has 3 saturated heterocycles. The van der Waals surface area contributed by atoms with Crippen LogP contribution in [0, 0.1) is 0 Å². The smallest absolute Gasteiger partial charge is 0.320 e. The Labute approximate surface area is 191 Å². The minimum absolute atomic E-state index is 0.0125. The van der Waals surface area contributed by atoms with E-state index in [1.165, 1.54) is 5.56 Å². The highest BCUT2D eigenvalue weighted by Gasteiger charge is 2.40. The summed E-state index contributed by atoms with van der Waals surface area (Å²) in [6.45, 7) is 2.69. The van der Waals surface area contributed by atoms with Crippen molar-refractivity contribution in [3.63, 3.8) is 0 Å². The average molecular weight is 460 g/mol. The number of fused-ring (bicyclic) bond motifs is 1. The van der Waals surface area contributed by atoms with Crippen LogP contribution in [-0.2, 0) is 9.53 Å². The van der Waals surface area contributed by atoms with E-state index in [0.29, 0.717) is 42.1 Å². The van der Waals surface area contributed by atoms with Crippen molar-refractivity contribution in [3.05, 3.63) is 58.1 Å². The maximum atomic E-state index is 12.9. The van der Waals surface area contributed by atoms with Gasteiger partial charge in [0, 0.05) is 47.7 Å². The van der Waals surface area contributed by atoms with Crippen molar-refractivity contribution in [3.8, 4) is 11.1 Å². The second-order valence-corrected chi connectivity index (χ2v) is 9.23. The standard InChI is InChI=1S/C23H23Cl2N3O3/c24-17-5-6-18(19(25)9-17)15-3-1-14(2-4-15)16-10-28(11-16)23(30)27-8-7-21-20(12-27)26-22(29)13-31-21/h1-6,9,16,20-21H,7-8,10-13H2,(H,26,29)/t20-,21+/m1/s1. The van der Waals surface area contributed by atoms with Crippen LogP contribution in [0.25, 0.3) is 11.1 Å². The van der Waals surface area contributed by atoms with E-state index < -0.39 is 0 Å². The lowest BCUT2D eigenvalue weighted by atomic mass is 9.90. The third kappa shape index (κ3) is 4.12. The highest BCUT2D eigenvalue weighted by atomic mass is 35.5. The van der Waals surface area contributed by atoms with Crippen molar-refractivity contribution in [1.82, 2.24) is 15.1 Å². The molecule has 3 heterocycles. The number of nitrogens with zero attached hydrogens (tertiary/aromatic N) is 2. The van der Waals surface area contributed by atoms with Gasteiger partial charge in [0.2, 0.25) is 5.91 Å². The Hall–Kier alpha value is -2.28. The molecule has 1 N–H and O–H groups in total. The van der Waals surface area contributed by atoms with E-state index in [2.05, 4.69) is 29.6 Å². The topological polar surface area (TPSA) is 61.9 Å². The molecule has 6 nitrogen and oxygen atoms in total. The van der Waals surface area contributed by atoms with Gasteiger partial charge in [-0.05, 0) is 29.7 Å². The molecule has 8 heteroatoms. The zero-order valence-corrected chi connectivity index (χ0v) is 18.4. The molecule has 0 radical (unpaired) electrons. The summed E-state index contributed by atoms with van der Waals surface area (Å²) in [5.74, 6) is 0.219. The van der Waals surface area contributed by atoms with Crippen LogP contribution in [0.3, 0.4) is 0 Å². The normalized spacial score (nSPS) is 23.7. The molecule has 0 saturated carbocycles. The number of piperidine rings is 1. The van der Waals surface area contributed by atoms with E-state index in [0.717, 1.165) is 17.5 Å². The van der Waals surface area contributed by atoms with E-state index in [-0.39, 0.29) is 30.7 Å². The second kappa shape index (κ2) is 8.34.